The second kappa shape index (κ2) is 4.99. The molecule has 0 aliphatic carbocycles. The largest absolute Gasteiger partial charge is 0.495 e. The normalized spacial score (nSPS) is 13.0. The zero-order chi connectivity index (χ0) is 11.6. The fraction of sp³-hybridized carbons (Fsp3) is 0.500. The summed E-state index contributed by atoms with van der Waals surface area (Å²) >= 11 is 3.51. The maximum atomic E-state index is 5.88. The Morgan fingerprint density at radius 1 is 1.27 bits per heavy atom. The minimum absolute atomic E-state index is 0.0460. The predicted octanol–water partition coefficient (Wildman–Crippen LogP) is 3.60. The molecule has 0 spiro atoms. The summed E-state index contributed by atoms with van der Waals surface area (Å²) < 4.78 is 6.36. The second-order valence-corrected chi connectivity index (χ2v) is 4.92. The molecular formula is C12H18BrNO. The van der Waals surface area contributed by atoms with Gasteiger partial charge in [0.1, 0.15) is 5.75 Å². The van der Waals surface area contributed by atoms with Crippen molar-refractivity contribution in [2.75, 3.05) is 7.11 Å². The molecular weight excluding hydrogens is 254 g/mol. The molecule has 0 bridgehead atoms. The Hall–Kier alpha value is -0.540. The van der Waals surface area contributed by atoms with Crippen LogP contribution in [0.15, 0.2) is 16.6 Å². The molecule has 0 heterocycles. The Balaban J connectivity index is 3.32. The van der Waals surface area contributed by atoms with Crippen LogP contribution in [0.2, 0.25) is 0 Å². The average Bonchev–Trinajstić information content (AvgIpc) is 2.16. The highest BCUT2D eigenvalue weighted by molar-refractivity contribution is 9.10. The third-order valence-corrected chi connectivity index (χ3v) is 3.04. The predicted molar refractivity (Wildman–Crippen MR) is 67.4 cm³/mol. The highest BCUT2D eigenvalue weighted by Crippen LogP contribution is 2.36. The number of benzene rings is 1. The van der Waals surface area contributed by atoms with Gasteiger partial charge in [-0.3, -0.25) is 0 Å². The van der Waals surface area contributed by atoms with Gasteiger partial charge in [0.15, 0.2) is 0 Å². The molecule has 0 aliphatic heterocycles. The van der Waals surface area contributed by atoms with E-state index in [2.05, 4.69) is 35.8 Å². The van der Waals surface area contributed by atoms with Crippen LogP contribution in [0.4, 0.5) is 0 Å². The van der Waals surface area contributed by atoms with Gasteiger partial charge in [-0.1, -0.05) is 19.9 Å². The van der Waals surface area contributed by atoms with E-state index in [1.54, 1.807) is 7.11 Å². The molecule has 2 nitrogen and oxygen atoms in total. The summed E-state index contributed by atoms with van der Waals surface area (Å²) in [4.78, 5) is 0. The maximum Gasteiger partial charge on any atom is 0.136 e. The van der Waals surface area contributed by atoms with E-state index >= 15 is 0 Å². The number of hydrogen-bond donors (Lipinski definition) is 1. The van der Waals surface area contributed by atoms with Crippen LogP contribution in [0.3, 0.4) is 0 Å². The molecule has 0 amide bonds. The van der Waals surface area contributed by atoms with Gasteiger partial charge >= 0.3 is 0 Å². The van der Waals surface area contributed by atoms with Crippen molar-refractivity contribution in [2.24, 2.45) is 5.73 Å². The molecule has 1 unspecified atom stereocenters. The van der Waals surface area contributed by atoms with Crippen molar-refractivity contribution in [3.63, 3.8) is 0 Å². The van der Waals surface area contributed by atoms with Gasteiger partial charge in [-0.05, 0) is 46.0 Å². The zero-order valence-electron chi connectivity index (χ0n) is 9.67. The van der Waals surface area contributed by atoms with Gasteiger partial charge < -0.3 is 10.5 Å². The summed E-state index contributed by atoms with van der Waals surface area (Å²) in [6, 6.07) is 4.19. The summed E-state index contributed by atoms with van der Waals surface area (Å²) in [6.45, 7) is 6.28. The Kier molecular flexibility index (Phi) is 4.17. The van der Waals surface area contributed by atoms with Crippen molar-refractivity contribution < 1.29 is 4.74 Å². The van der Waals surface area contributed by atoms with Crippen LogP contribution in [0.5, 0.6) is 5.75 Å². The lowest BCUT2D eigenvalue weighted by atomic mass is 9.97. The average molecular weight is 272 g/mol. The number of methoxy groups -OCH3 is 1. The summed E-state index contributed by atoms with van der Waals surface area (Å²) in [5, 5.41) is 0. The minimum atomic E-state index is 0.0460. The number of rotatable bonds is 3. The lowest BCUT2D eigenvalue weighted by Crippen LogP contribution is -2.07. The maximum absolute atomic E-state index is 5.88. The van der Waals surface area contributed by atoms with E-state index < -0.39 is 0 Å². The Labute approximate surface area is 99.9 Å². The van der Waals surface area contributed by atoms with Gasteiger partial charge in [-0.2, -0.15) is 0 Å². The first kappa shape index (κ1) is 12.5. The SMILES string of the molecule is COc1c(Br)cc(C(C)N)cc1C(C)C. The summed E-state index contributed by atoms with van der Waals surface area (Å²) in [5.41, 5.74) is 8.21. The van der Waals surface area contributed by atoms with E-state index in [0.29, 0.717) is 5.92 Å². The lowest BCUT2D eigenvalue weighted by Gasteiger charge is -2.17. The van der Waals surface area contributed by atoms with E-state index in [9.17, 15) is 0 Å². The molecule has 0 radical (unpaired) electrons. The third kappa shape index (κ3) is 2.73. The molecule has 0 aliphatic rings. The number of nitrogens with two attached hydrogens (primary N) is 1. The molecule has 3 heteroatoms. The van der Waals surface area contributed by atoms with Gasteiger partial charge in [0.25, 0.3) is 0 Å². The molecule has 1 aromatic rings. The van der Waals surface area contributed by atoms with E-state index in [4.69, 9.17) is 10.5 Å². The molecule has 15 heavy (non-hydrogen) atoms. The first-order valence-corrected chi connectivity index (χ1v) is 5.89. The van der Waals surface area contributed by atoms with Crippen LogP contribution in [-0.4, -0.2) is 7.11 Å². The fourth-order valence-electron chi connectivity index (χ4n) is 1.54. The van der Waals surface area contributed by atoms with Crippen molar-refractivity contribution in [2.45, 2.75) is 32.7 Å². The van der Waals surface area contributed by atoms with E-state index in [1.807, 2.05) is 13.0 Å². The van der Waals surface area contributed by atoms with Crippen molar-refractivity contribution in [1.82, 2.24) is 0 Å². The molecule has 1 atom stereocenters. The van der Waals surface area contributed by atoms with Crippen LogP contribution < -0.4 is 10.5 Å². The highest BCUT2D eigenvalue weighted by Gasteiger charge is 2.14. The van der Waals surface area contributed by atoms with Crippen molar-refractivity contribution in [3.8, 4) is 5.75 Å². The summed E-state index contributed by atoms with van der Waals surface area (Å²) in [7, 11) is 1.69. The van der Waals surface area contributed by atoms with Crippen LogP contribution in [0.1, 0.15) is 43.9 Å². The molecule has 0 saturated heterocycles. The van der Waals surface area contributed by atoms with Crippen molar-refractivity contribution in [1.29, 1.82) is 0 Å². The molecule has 0 aromatic heterocycles. The Bertz CT molecular complexity index is 348. The first-order chi connectivity index (χ1) is 6.97. The fourth-order valence-corrected chi connectivity index (χ4v) is 2.20. The van der Waals surface area contributed by atoms with Gasteiger partial charge in [0, 0.05) is 6.04 Å². The summed E-state index contributed by atoms with van der Waals surface area (Å²) in [5.74, 6) is 1.34. The Morgan fingerprint density at radius 3 is 2.27 bits per heavy atom. The van der Waals surface area contributed by atoms with Crippen molar-refractivity contribution >= 4 is 15.9 Å². The topological polar surface area (TPSA) is 35.2 Å². The van der Waals surface area contributed by atoms with E-state index in [0.717, 1.165) is 15.8 Å². The van der Waals surface area contributed by atoms with Crippen LogP contribution in [-0.2, 0) is 0 Å². The summed E-state index contributed by atoms with van der Waals surface area (Å²) in [6.07, 6.45) is 0. The Morgan fingerprint density at radius 2 is 1.87 bits per heavy atom. The van der Waals surface area contributed by atoms with Crippen LogP contribution in [0, 0.1) is 0 Å². The van der Waals surface area contributed by atoms with Gasteiger partial charge in [-0.25, -0.2) is 0 Å². The van der Waals surface area contributed by atoms with E-state index in [-0.39, 0.29) is 6.04 Å². The molecule has 1 aromatic carbocycles. The second-order valence-electron chi connectivity index (χ2n) is 4.07. The number of hydrogen-bond acceptors (Lipinski definition) is 2. The van der Waals surface area contributed by atoms with Gasteiger partial charge in [-0.15, -0.1) is 0 Å². The molecule has 84 valence electrons. The third-order valence-electron chi connectivity index (χ3n) is 2.45. The molecule has 0 saturated carbocycles. The smallest absolute Gasteiger partial charge is 0.136 e. The van der Waals surface area contributed by atoms with Crippen LogP contribution in [0.25, 0.3) is 0 Å². The molecule has 1 rings (SSSR count). The van der Waals surface area contributed by atoms with Crippen LogP contribution >= 0.6 is 15.9 Å². The van der Waals surface area contributed by atoms with E-state index in [1.165, 1.54) is 5.56 Å². The van der Waals surface area contributed by atoms with Gasteiger partial charge in [0.05, 0.1) is 11.6 Å². The van der Waals surface area contributed by atoms with Crippen molar-refractivity contribution in [3.05, 3.63) is 27.7 Å². The molecule has 2 N–H and O–H groups in total. The zero-order valence-corrected chi connectivity index (χ0v) is 11.3. The number of ether oxygens (including phenoxy) is 1. The number of halogens is 1. The first-order valence-electron chi connectivity index (χ1n) is 5.10. The highest BCUT2D eigenvalue weighted by atomic mass is 79.9. The standard InChI is InChI=1S/C12H18BrNO/c1-7(2)10-5-9(8(3)14)6-11(13)12(10)15-4/h5-8H,14H2,1-4H3. The quantitative estimate of drug-likeness (QED) is 0.912. The monoisotopic (exact) mass is 271 g/mol. The minimum Gasteiger partial charge on any atom is -0.495 e. The molecule has 0 fully saturated rings. The lowest BCUT2D eigenvalue weighted by molar-refractivity contribution is 0.404. The van der Waals surface area contributed by atoms with Gasteiger partial charge in [0.2, 0.25) is 0 Å².